The molecule has 0 bridgehead atoms. The summed E-state index contributed by atoms with van der Waals surface area (Å²) in [6.07, 6.45) is -2.92. The first kappa shape index (κ1) is 31.9. The van der Waals surface area contributed by atoms with Crippen LogP contribution in [0, 0.1) is 0 Å². The minimum atomic E-state index is -1.25. The van der Waals surface area contributed by atoms with E-state index in [1.54, 1.807) is 66.9 Å². The Labute approximate surface area is 254 Å². The maximum atomic E-state index is 13.3. The van der Waals surface area contributed by atoms with Crippen LogP contribution in [0.4, 0.5) is 0 Å². The van der Waals surface area contributed by atoms with Gasteiger partial charge in [0.2, 0.25) is 0 Å². The zero-order valence-corrected chi connectivity index (χ0v) is 24.8. The number of ketones is 1. The molecule has 0 saturated carbocycles. The van der Waals surface area contributed by atoms with E-state index in [0.717, 1.165) is 5.56 Å². The maximum Gasteiger partial charge on any atom is 0.338 e. The standard InChI is InChI=1S/C33H34O9S/c1-22(34)18-19-27(35)40-28-26(21-38-20-23-12-6-3-7-13-23)39-33(43-2)30(42-32(37)25-16-10-5-11-17-25)29(28)41-31(36)24-14-8-4-9-15-24/h3-17,26,28-30,33H,18-21H2,1-2H3/t26-,28+,29+,30-,33+/m1/s1/i21+1,26+1,28+1,29+1,30+1,33+1. The smallest absolute Gasteiger partial charge is 0.338 e. The fraction of sp³-hybridized carbons (Fsp3) is 0.333. The van der Waals surface area contributed by atoms with Gasteiger partial charge in [-0.05, 0) is 43.0 Å². The molecule has 3 aromatic carbocycles. The molecular formula is C33H34O9S. The van der Waals surface area contributed by atoms with Crippen molar-refractivity contribution in [2.24, 2.45) is 0 Å². The Bertz CT molecular complexity index is 1350. The molecule has 0 aliphatic carbocycles. The summed E-state index contributed by atoms with van der Waals surface area (Å²) in [6.45, 7) is 1.62. The second kappa shape index (κ2) is 16.0. The fourth-order valence-electron chi connectivity index (χ4n) is 4.49. The van der Waals surface area contributed by atoms with E-state index >= 15 is 0 Å². The van der Waals surface area contributed by atoms with Gasteiger partial charge in [-0.3, -0.25) is 4.79 Å². The van der Waals surface area contributed by atoms with Crippen molar-refractivity contribution >= 4 is 35.5 Å². The third kappa shape index (κ3) is 9.25. The summed E-state index contributed by atoms with van der Waals surface area (Å²) in [7, 11) is 0. The summed E-state index contributed by atoms with van der Waals surface area (Å²) < 4.78 is 30.0. The van der Waals surface area contributed by atoms with Crippen LogP contribution in [0.3, 0.4) is 0 Å². The average molecular weight is 613 g/mol. The molecule has 1 fully saturated rings. The minimum Gasteiger partial charge on any atom is -0.455 e. The number of Topliss-reactive ketones (excluding diaryl/α,β-unsaturated/α-hetero) is 1. The zero-order valence-electron chi connectivity index (χ0n) is 24.0. The predicted molar refractivity (Wildman–Crippen MR) is 159 cm³/mol. The summed E-state index contributed by atoms with van der Waals surface area (Å²) in [6, 6.07) is 26.2. The summed E-state index contributed by atoms with van der Waals surface area (Å²) in [5, 5.41) is 0. The highest BCUT2D eigenvalue weighted by atomic mass is 32.2. The molecular weight excluding hydrogens is 578 g/mol. The van der Waals surface area contributed by atoms with Crippen molar-refractivity contribution < 1.29 is 42.9 Å². The first-order valence-electron chi connectivity index (χ1n) is 13.9. The Morgan fingerprint density at radius 3 is 1.77 bits per heavy atom. The molecule has 0 radical (unpaired) electrons. The SMILES string of the molecule is CS[13C@@H]1O[13C@H]([13CH2]OCc2ccccc2)[13C@H](OC(=O)CCC(C)=O)[13C@H](OC(=O)c2ccccc2)[13C@H]1OC(=O)c1ccccc1. The predicted octanol–water partition coefficient (Wildman–Crippen LogP) is 5.02. The number of thioether (sulfide) groups is 1. The van der Waals surface area contributed by atoms with Gasteiger partial charge in [0.15, 0.2) is 18.3 Å². The van der Waals surface area contributed by atoms with Crippen LogP contribution in [0.2, 0.25) is 0 Å². The molecule has 1 heterocycles. The molecule has 4 rings (SSSR count). The van der Waals surface area contributed by atoms with Crippen molar-refractivity contribution in [1.82, 2.24) is 0 Å². The molecule has 0 amide bonds. The van der Waals surface area contributed by atoms with Gasteiger partial charge in [-0.1, -0.05) is 66.7 Å². The molecule has 226 valence electrons. The van der Waals surface area contributed by atoms with Crippen LogP contribution in [0.25, 0.3) is 0 Å². The molecule has 1 aliphatic heterocycles. The van der Waals surface area contributed by atoms with Crippen molar-refractivity contribution in [2.45, 2.75) is 56.2 Å². The van der Waals surface area contributed by atoms with E-state index in [2.05, 4.69) is 0 Å². The Balaban J connectivity index is 1.65. The molecule has 5 atom stereocenters. The quantitative estimate of drug-likeness (QED) is 0.148. The number of carbonyl (C=O) groups is 4. The van der Waals surface area contributed by atoms with Gasteiger partial charge in [-0.15, -0.1) is 11.8 Å². The summed E-state index contributed by atoms with van der Waals surface area (Å²) in [5.74, 6) is -2.21. The molecule has 0 aromatic heterocycles. The lowest BCUT2D eigenvalue weighted by molar-refractivity contribution is -0.224. The van der Waals surface area contributed by atoms with E-state index in [1.165, 1.54) is 18.7 Å². The Morgan fingerprint density at radius 1 is 0.698 bits per heavy atom. The summed E-state index contributed by atoms with van der Waals surface area (Å²) >= 11 is 1.25. The molecule has 0 unspecified atom stereocenters. The number of hydrogen-bond acceptors (Lipinski definition) is 10. The van der Waals surface area contributed by atoms with Gasteiger partial charge in [-0.25, -0.2) is 9.59 Å². The monoisotopic (exact) mass is 612 g/mol. The van der Waals surface area contributed by atoms with E-state index in [1.807, 2.05) is 30.3 Å². The lowest BCUT2D eigenvalue weighted by Crippen LogP contribution is -2.61. The van der Waals surface area contributed by atoms with E-state index < -0.39 is 47.8 Å². The number of esters is 3. The van der Waals surface area contributed by atoms with Crippen LogP contribution in [0.5, 0.6) is 0 Å². The van der Waals surface area contributed by atoms with Gasteiger partial charge in [0.25, 0.3) is 0 Å². The van der Waals surface area contributed by atoms with E-state index in [4.69, 9.17) is 23.7 Å². The van der Waals surface area contributed by atoms with Crippen molar-refractivity contribution in [3.05, 3.63) is 108 Å². The third-order valence-electron chi connectivity index (χ3n) is 6.67. The third-order valence-corrected chi connectivity index (χ3v) is 7.52. The van der Waals surface area contributed by atoms with Crippen LogP contribution in [-0.2, 0) is 39.9 Å². The topological polar surface area (TPSA) is 114 Å². The average Bonchev–Trinajstić information content (AvgIpc) is 3.03. The molecule has 43 heavy (non-hydrogen) atoms. The van der Waals surface area contributed by atoms with Crippen LogP contribution in [0.1, 0.15) is 46.0 Å². The largest absolute Gasteiger partial charge is 0.455 e. The molecule has 9 nitrogen and oxygen atoms in total. The minimum absolute atomic E-state index is 0.0179. The van der Waals surface area contributed by atoms with Gasteiger partial charge >= 0.3 is 17.9 Å². The second-order valence-corrected chi connectivity index (χ2v) is 10.8. The van der Waals surface area contributed by atoms with Crippen LogP contribution >= 0.6 is 11.8 Å². The Morgan fingerprint density at radius 2 is 1.23 bits per heavy atom. The number of ether oxygens (including phenoxy) is 5. The van der Waals surface area contributed by atoms with E-state index in [0.29, 0.717) is 5.56 Å². The zero-order chi connectivity index (χ0) is 30.6. The first-order chi connectivity index (χ1) is 20.9. The van der Waals surface area contributed by atoms with Gasteiger partial charge in [0.05, 0.1) is 30.8 Å². The highest BCUT2D eigenvalue weighted by molar-refractivity contribution is 7.99. The van der Waals surface area contributed by atoms with Crippen molar-refractivity contribution in [1.29, 1.82) is 0 Å². The number of carbonyl (C=O) groups excluding carboxylic acids is 4. The van der Waals surface area contributed by atoms with Gasteiger partial charge in [0.1, 0.15) is 17.3 Å². The second-order valence-electron chi connectivity index (χ2n) is 9.91. The Hall–Kier alpha value is -3.99. The van der Waals surface area contributed by atoms with Gasteiger partial charge in [0, 0.05) is 6.42 Å². The van der Waals surface area contributed by atoms with Crippen molar-refractivity contribution in [3.63, 3.8) is 0 Å². The first-order valence-corrected chi connectivity index (χ1v) is 15.2. The molecule has 3 aromatic rings. The molecule has 10 heteroatoms. The molecule has 1 aliphatic rings. The summed E-state index contributed by atoms with van der Waals surface area (Å²) in [5.41, 5.74) is 0.690. The molecule has 0 spiro atoms. The molecule has 0 N–H and O–H groups in total. The fourth-order valence-corrected chi connectivity index (χ4v) is 5.22. The highest BCUT2D eigenvalue weighted by Crippen LogP contribution is 2.34. The van der Waals surface area contributed by atoms with E-state index in [-0.39, 0.29) is 37.4 Å². The number of benzene rings is 3. The van der Waals surface area contributed by atoms with Crippen LogP contribution < -0.4 is 0 Å². The normalized spacial score (nSPS) is 21.4. The van der Waals surface area contributed by atoms with E-state index in [9.17, 15) is 19.2 Å². The van der Waals surface area contributed by atoms with Gasteiger partial charge in [-0.2, -0.15) is 0 Å². The van der Waals surface area contributed by atoms with Crippen LogP contribution in [0.15, 0.2) is 91.0 Å². The van der Waals surface area contributed by atoms with Crippen LogP contribution in [-0.4, -0.2) is 66.4 Å². The number of rotatable bonds is 13. The lowest BCUT2D eigenvalue weighted by atomic mass is 10.2. The maximum absolute atomic E-state index is 13.3. The van der Waals surface area contributed by atoms with Gasteiger partial charge < -0.3 is 28.5 Å². The summed E-state index contributed by atoms with van der Waals surface area (Å²) in [4.78, 5) is 51.0. The number of hydrogen-bond donors (Lipinski definition) is 0. The Kier molecular flexibility index (Phi) is 11.9. The van der Waals surface area contributed by atoms with Crippen molar-refractivity contribution in [2.75, 3.05) is 12.9 Å². The van der Waals surface area contributed by atoms with Crippen molar-refractivity contribution in [3.8, 4) is 0 Å². The molecule has 1 saturated heterocycles. The lowest BCUT2D eigenvalue weighted by Gasteiger charge is -2.44. The highest BCUT2D eigenvalue weighted by Gasteiger charge is 2.52.